The molecule has 1 aliphatic rings. The minimum atomic E-state index is -0.318. The van der Waals surface area contributed by atoms with Crippen LogP contribution < -0.4 is 0 Å². The Morgan fingerprint density at radius 1 is 0.857 bits per heavy atom. The van der Waals surface area contributed by atoms with E-state index in [1.54, 1.807) is 0 Å². The Morgan fingerprint density at radius 3 is 2.24 bits per heavy atom. The van der Waals surface area contributed by atoms with Crippen LogP contribution in [-0.2, 0) is 22.4 Å². The second-order valence-corrected chi connectivity index (χ2v) is 13.4. The zero-order chi connectivity index (χ0) is 30.4. The van der Waals surface area contributed by atoms with Gasteiger partial charge in [0.15, 0.2) is 5.78 Å². The molecule has 1 aliphatic carbocycles. The molecule has 3 aromatic rings. The number of ketones is 3. The van der Waals surface area contributed by atoms with Gasteiger partial charge in [0.05, 0.1) is 0 Å². The summed E-state index contributed by atoms with van der Waals surface area (Å²) in [6.45, 7) is 12.4. The fourth-order valence-corrected chi connectivity index (χ4v) is 7.05. The smallest absolute Gasteiger partial charge is 0.163 e. The lowest BCUT2D eigenvalue weighted by molar-refractivity contribution is -0.136. The first kappa shape index (κ1) is 31.6. The highest BCUT2D eigenvalue weighted by molar-refractivity contribution is 5.98. The fraction of sp³-hybridized carbons (Fsp3) is 0.462. The number of carbonyl (C=O) groups is 3. The lowest BCUT2D eigenvalue weighted by Crippen LogP contribution is -2.38. The molecule has 1 saturated carbocycles. The van der Waals surface area contributed by atoms with Gasteiger partial charge in [0.1, 0.15) is 11.6 Å². The largest absolute Gasteiger partial charge is 0.299 e. The molecule has 4 rings (SSSR count). The molecule has 0 N–H and O–H groups in total. The average molecular weight is 565 g/mol. The van der Waals surface area contributed by atoms with E-state index in [4.69, 9.17) is 0 Å². The first-order chi connectivity index (χ1) is 20.0. The highest BCUT2D eigenvalue weighted by Crippen LogP contribution is 2.49. The van der Waals surface area contributed by atoms with Crippen LogP contribution in [0.3, 0.4) is 0 Å². The molecule has 42 heavy (non-hydrogen) atoms. The van der Waals surface area contributed by atoms with Crippen molar-refractivity contribution in [3.63, 3.8) is 0 Å². The van der Waals surface area contributed by atoms with Crippen molar-refractivity contribution in [2.24, 2.45) is 29.1 Å². The third-order valence-corrected chi connectivity index (χ3v) is 9.91. The van der Waals surface area contributed by atoms with Gasteiger partial charge in [-0.25, -0.2) is 0 Å². The molecule has 4 unspecified atom stereocenters. The molecule has 0 saturated heterocycles. The minimum Gasteiger partial charge on any atom is -0.299 e. The summed E-state index contributed by atoms with van der Waals surface area (Å²) in [7, 11) is 0. The van der Waals surface area contributed by atoms with E-state index < -0.39 is 0 Å². The van der Waals surface area contributed by atoms with Gasteiger partial charge in [0, 0.05) is 36.2 Å². The summed E-state index contributed by atoms with van der Waals surface area (Å²) in [6, 6.07) is 24.5. The van der Waals surface area contributed by atoms with Gasteiger partial charge in [-0.15, -0.1) is 0 Å². The van der Waals surface area contributed by atoms with E-state index in [9.17, 15) is 14.4 Å². The lowest BCUT2D eigenvalue weighted by atomic mass is 9.70. The van der Waals surface area contributed by atoms with Crippen molar-refractivity contribution in [3.8, 4) is 0 Å². The molecule has 0 radical (unpaired) electrons. The van der Waals surface area contributed by atoms with Crippen LogP contribution in [0, 0.1) is 49.9 Å². The Balaban J connectivity index is 1.51. The van der Waals surface area contributed by atoms with Crippen LogP contribution in [0.15, 0.2) is 72.8 Å². The van der Waals surface area contributed by atoms with E-state index in [1.807, 2.05) is 57.2 Å². The third kappa shape index (κ3) is 7.54. The second-order valence-electron chi connectivity index (χ2n) is 13.4. The van der Waals surface area contributed by atoms with Crippen LogP contribution in [0.5, 0.6) is 0 Å². The van der Waals surface area contributed by atoms with E-state index in [1.165, 1.54) is 11.1 Å². The molecule has 0 heterocycles. The Morgan fingerprint density at radius 2 is 1.55 bits per heavy atom. The first-order valence-electron chi connectivity index (χ1n) is 15.7. The van der Waals surface area contributed by atoms with E-state index in [0.717, 1.165) is 47.9 Å². The number of benzene rings is 3. The molecule has 1 fully saturated rings. The summed E-state index contributed by atoms with van der Waals surface area (Å²) in [5.74, 6) is -0.525. The van der Waals surface area contributed by atoms with Crippen molar-refractivity contribution in [2.75, 3.05) is 0 Å². The number of aryl methyl sites for hydroxylation is 3. The highest BCUT2D eigenvalue weighted by atomic mass is 16.1. The molecule has 3 nitrogen and oxygen atoms in total. The van der Waals surface area contributed by atoms with E-state index in [0.29, 0.717) is 19.3 Å². The Kier molecular flexibility index (Phi) is 10.4. The Bertz CT molecular complexity index is 1380. The predicted molar refractivity (Wildman–Crippen MR) is 172 cm³/mol. The van der Waals surface area contributed by atoms with Gasteiger partial charge in [0.25, 0.3) is 0 Å². The number of Topliss-reactive ketones (excluding diaryl/α,β-unsaturated/α-hetero) is 3. The lowest BCUT2D eigenvalue weighted by Gasteiger charge is -2.32. The maximum absolute atomic E-state index is 14.3. The summed E-state index contributed by atoms with van der Waals surface area (Å²) < 4.78 is 0. The van der Waals surface area contributed by atoms with Crippen molar-refractivity contribution in [3.05, 3.63) is 106 Å². The zero-order valence-corrected chi connectivity index (χ0v) is 26.4. The maximum Gasteiger partial charge on any atom is 0.163 e. The van der Waals surface area contributed by atoms with Crippen LogP contribution >= 0.6 is 0 Å². The monoisotopic (exact) mass is 564 g/mol. The summed E-state index contributed by atoms with van der Waals surface area (Å²) in [4.78, 5) is 41.6. The van der Waals surface area contributed by atoms with Gasteiger partial charge in [0.2, 0.25) is 0 Å². The molecule has 0 aliphatic heterocycles. The molecule has 222 valence electrons. The van der Waals surface area contributed by atoms with Crippen molar-refractivity contribution in [1.82, 2.24) is 0 Å². The standard InChI is InChI=1S/C39H48O3/c1-26-18-20-30(21-19-26)15-11-17-35(40)37-34(22-23-39(37,5)6)38(42)29(4)32(24-31-13-8-7-9-14-31)25-36(41)33-16-10-12-27(2)28(33)3/h7-10,12-14,16,18-21,29,32,34,37H,11,15,17,22-25H2,1-6H3. The van der Waals surface area contributed by atoms with Gasteiger partial charge < -0.3 is 0 Å². The molecule has 3 aromatic carbocycles. The van der Waals surface area contributed by atoms with Crippen LogP contribution in [0.1, 0.15) is 91.1 Å². The summed E-state index contributed by atoms with van der Waals surface area (Å²) in [6.07, 6.45) is 4.76. The van der Waals surface area contributed by atoms with Gasteiger partial charge >= 0.3 is 0 Å². The normalized spacial score (nSPS) is 19.3. The van der Waals surface area contributed by atoms with Crippen molar-refractivity contribution < 1.29 is 14.4 Å². The SMILES string of the molecule is Cc1ccc(CCCC(=O)C2C(C(=O)C(C)C(CC(=O)c3cccc(C)c3C)Cc3ccccc3)CCC2(C)C)cc1. The van der Waals surface area contributed by atoms with Crippen LogP contribution in [0.25, 0.3) is 0 Å². The van der Waals surface area contributed by atoms with Gasteiger partial charge in [-0.05, 0) is 86.5 Å². The first-order valence-corrected chi connectivity index (χ1v) is 15.7. The zero-order valence-electron chi connectivity index (χ0n) is 26.4. The molecule has 0 aromatic heterocycles. The molecular formula is C39H48O3. The molecule has 0 bridgehead atoms. The van der Waals surface area contributed by atoms with E-state index in [2.05, 4.69) is 57.2 Å². The van der Waals surface area contributed by atoms with Gasteiger partial charge in [-0.2, -0.15) is 0 Å². The number of rotatable bonds is 13. The van der Waals surface area contributed by atoms with E-state index >= 15 is 0 Å². The minimum absolute atomic E-state index is 0.0901. The molecular weight excluding hydrogens is 516 g/mol. The van der Waals surface area contributed by atoms with Gasteiger partial charge in [-0.3, -0.25) is 14.4 Å². The molecule has 3 heteroatoms. The van der Waals surface area contributed by atoms with Crippen LogP contribution in [-0.4, -0.2) is 17.3 Å². The Hall–Kier alpha value is -3.33. The third-order valence-electron chi connectivity index (χ3n) is 9.91. The predicted octanol–water partition coefficient (Wildman–Crippen LogP) is 8.89. The maximum atomic E-state index is 14.3. The van der Waals surface area contributed by atoms with Crippen molar-refractivity contribution in [1.29, 1.82) is 0 Å². The number of hydrogen-bond acceptors (Lipinski definition) is 3. The van der Waals surface area contributed by atoms with Crippen LogP contribution in [0.4, 0.5) is 0 Å². The van der Waals surface area contributed by atoms with E-state index in [-0.39, 0.29) is 46.4 Å². The molecule has 4 atom stereocenters. The molecule has 0 spiro atoms. The highest BCUT2D eigenvalue weighted by Gasteiger charge is 2.49. The number of hydrogen-bond donors (Lipinski definition) is 0. The quantitative estimate of drug-likeness (QED) is 0.195. The van der Waals surface area contributed by atoms with Gasteiger partial charge in [-0.1, -0.05) is 99.1 Å². The topological polar surface area (TPSA) is 51.2 Å². The molecule has 0 amide bonds. The Labute approximate surface area is 253 Å². The summed E-state index contributed by atoms with van der Waals surface area (Å²) in [5.41, 5.74) is 6.26. The summed E-state index contributed by atoms with van der Waals surface area (Å²) in [5, 5.41) is 0. The average Bonchev–Trinajstić information content (AvgIpc) is 3.29. The number of carbonyl (C=O) groups excluding carboxylic acids is 3. The fourth-order valence-electron chi connectivity index (χ4n) is 7.05. The van der Waals surface area contributed by atoms with Crippen LogP contribution in [0.2, 0.25) is 0 Å². The van der Waals surface area contributed by atoms with Crippen molar-refractivity contribution in [2.45, 2.75) is 86.5 Å². The summed E-state index contributed by atoms with van der Waals surface area (Å²) >= 11 is 0. The van der Waals surface area contributed by atoms with Crippen molar-refractivity contribution >= 4 is 17.3 Å². The second kappa shape index (κ2) is 13.8.